The molecule has 0 aliphatic carbocycles. The van der Waals surface area contributed by atoms with E-state index < -0.39 is 0 Å². The Hall–Kier alpha value is -2.20. The van der Waals surface area contributed by atoms with Crippen molar-refractivity contribution in [2.75, 3.05) is 0 Å². The number of aryl methyl sites for hydroxylation is 2. The summed E-state index contributed by atoms with van der Waals surface area (Å²) in [5.41, 5.74) is 5.39. The van der Waals surface area contributed by atoms with Crippen LogP contribution in [0.5, 0.6) is 0 Å². The number of aromatic nitrogens is 3. The Kier molecular flexibility index (Phi) is 3.04. The molecule has 2 bridgehead atoms. The number of benzene rings is 1. The van der Waals surface area contributed by atoms with E-state index >= 15 is 0 Å². The molecule has 0 radical (unpaired) electrons. The SMILES string of the molecule is Cc1ncc2c(n1)CC1CCC2N1Cc1cn(C)c2ccccc12. The highest BCUT2D eigenvalue weighted by atomic mass is 15.2. The van der Waals surface area contributed by atoms with E-state index in [0.29, 0.717) is 12.1 Å². The first-order chi connectivity index (χ1) is 11.7. The summed E-state index contributed by atoms with van der Waals surface area (Å²) in [4.78, 5) is 11.9. The summed E-state index contributed by atoms with van der Waals surface area (Å²) in [7, 11) is 2.14. The zero-order valence-corrected chi connectivity index (χ0v) is 14.2. The van der Waals surface area contributed by atoms with Crippen molar-refractivity contribution in [1.29, 1.82) is 0 Å². The lowest BCUT2D eigenvalue weighted by Gasteiger charge is -2.35. The number of rotatable bonds is 2. The van der Waals surface area contributed by atoms with Crippen LogP contribution in [0.2, 0.25) is 0 Å². The van der Waals surface area contributed by atoms with E-state index in [1.54, 1.807) is 0 Å². The van der Waals surface area contributed by atoms with Crippen LogP contribution in [0.15, 0.2) is 36.7 Å². The molecule has 2 atom stereocenters. The van der Waals surface area contributed by atoms with Crippen molar-refractivity contribution in [3.8, 4) is 0 Å². The topological polar surface area (TPSA) is 34.0 Å². The molecule has 4 heterocycles. The lowest BCUT2D eigenvalue weighted by molar-refractivity contribution is 0.166. The van der Waals surface area contributed by atoms with Crippen molar-refractivity contribution in [3.05, 3.63) is 59.3 Å². The fraction of sp³-hybridized carbons (Fsp3) is 0.400. The van der Waals surface area contributed by atoms with Crippen LogP contribution in [0.3, 0.4) is 0 Å². The summed E-state index contributed by atoms with van der Waals surface area (Å²) in [6, 6.07) is 9.82. The summed E-state index contributed by atoms with van der Waals surface area (Å²) in [5.74, 6) is 0.899. The maximum absolute atomic E-state index is 4.71. The smallest absolute Gasteiger partial charge is 0.125 e. The standard InChI is InChI=1S/C20H22N4/c1-13-21-10-17-18(22-13)9-15-7-8-20(17)24(15)12-14-11-23(2)19-6-4-3-5-16(14)19/h3-6,10-11,15,20H,7-9,12H2,1-2H3. The third kappa shape index (κ3) is 2.02. The summed E-state index contributed by atoms with van der Waals surface area (Å²) in [6.07, 6.45) is 7.94. The van der Waals surface area contributed by atoms with Gasteiger partial charge in [0.1, 0.15) is 5.82 Å². The third-order valence-corrected chi connectivity index (χ3v) is 5.78. The second-order valence-corrected chi connectivity index (χ2v) is 7.23. The Balaban J connectivity index is 1.53. The van der Waals surface area contributed by atoms with E-state index in [2.05, 4.69) is 58.2 Å². The van der Waals surface area contributed by atoms with Crippen molar-refractivity contribution < 1.29 is 0 Å². The molecule has 4 nitrogen and oxygen atoms in total. The first-order valence-electron chi connectivity index (χ1n) is 8.82. The molecule has 0 N–H and O–H groups in total. The van der Waals surface area contributed by atoms with Gasteiger partial charge in [0.15, 0.2) is 0 Å². The van der Waals surface area contributed by atoms with Crippen LogP contribution in [0.4, 0.5) is 0 Å². The normalized spacial score (nSPS) is 22.9. The van der Waals surface area contributed by atoms with Crippen LogP contribution in [-0.4, -0.2) is 25.5 Å². The van der Waals surface area contributed by atoms with Crippen LogP contribution in [-0.2, 0) is 20.0 Å². The molecule has 1 saturated heterocycles. The average Bonchev–Trinajstić information content (AvgIpc) is 3.04. The van der Waals surface area contributed by atoms with Gasteiger partial charge >= 0.3 is 0 Å². The molecular formula is C20H22N4. The maximum atomic E-state index is 4.71. The van der Waals surface area contributed by atoms with Crippen molar-refractivity contribution >= 4 is 10.9 Å². The monoisotopic (exact) mass is 318 g/mol. The van der Waals surface area contributed by atoms with E-state index in [1.807, 2.05) is 6.92 Å². The van der Waals surface area contributed by atoms with Crippen LogP contribution < -0.4 is 0 Å². The van der Waals surface area contributed by atoms with Gasteiger partial charge in [-0.1, -0.05) is 18.2 Å². The lowest BCUT2D eigenvalue weighted by atomic mass is 9.98. The van der Waals surface area contributed by atoms with Crippen molar-refractivity contribution in [2.24, 2.45) is 7.05 Å². The van der Waals surface area contributed by atoms with E-state index in [0.717, 1.165) is 18.8 Å². The molecule has 4 heteroatoms. The average molecular weight is 318 g/mol. The minimum Gasteiger partial charge on any atom is -0.350 e. The number of para-hydroxylation sites is 1. The molecule has 0 amide bonds. The van der Waals surface area contributed by atoms with Crippen LogP contribution in [0.1, 0.15) is 41.5 Å². The van der Waals surface area contributed by atoms with Crippen molar-refractivity contribution in [2.45, 2.75) is 44.8 Å². The van der Waals surface area contributed by atoms with Crippen LogP contribution in [0.25, 0.3) is 10.9 Å². The molecule has 5 rings (SSSR count). The second kappa shape index (κ2) is 5.15. The summed E-state index contributed by atoms with van der Waals surface area (Å²) in [6.45, 7) is 3.01. The van der Waals surface area contributed by atoms with Gasteiger partial charge in [-0.15, -0.1) is 0 Å². The highest BCUT2D eigenvalue weighted by molar-refractivity contribution is 5.83. The summed E-state index contributed by atoms with van der Waals surface area (Å²) >= 11 is 0. The largest absolute Gasteiger partial charge is 0.350 e. The highest BCUT2D eigenvalue weighted by Crippen LogP contribution is 2.44. The van der Waals surface area contributed by atoms with Crippen molar-refractivity contribution in [1.82, 2.24) is 19.4 Å². The number of hydrogen-bond donors (Lipinski definition) is 0. The quantitative estimate of drug-likeness (QED) is 0.725. The van der Waals surface area contributed by atoms with Gasteiger partial charge in [0.25, 0.3) is 0 Å². The van der Waals surface area contributed by atoms with E-state index in [-0.39, 0.29) is 0 Å². The molecule has 2 aliphatic heterocycles. The third-order valence-electron chi connectivity index (χ3n) is 5.78. The number of hydrogen-bond acceptors (Lipinski definition) is 3. The highest BCUT2D eigenvalue weighted by Gasteiger charge is 2.40. The van der Waals surface area contributed by atoms with E-state index in [1.165, 1.54) is 40.6 Å². The molecule has 122 valence electrons. The summed E-state index contributed by atoms with van der Waals surface area (Å²) in [5, 5.41) is 1.38. The van der Waals surface area contributed by atoms with Crippen molar-refractivity contribution in [3.63, 3.8) is 0 Å². The van der Waals surface area contributed by atoms with Gasteiger partial charge in [-0.05, 0) is 31.4 Å². The predicted molar refractivity (Wildman–Crippen MR) is 94.7 cm³/mol. The van der Waals surface area contributed by atoms with Gasteiger partial charge in [0, 0.05) is 61.0 Å². The van der Waals surface area contributed by atoms with Crippen LogP contribution >= 0.6 is 0 Å². The fourth-order valence-electron chi connectivity index (χ4n) is 4.67. The molecular weight excluding hydrogens is 296 g/mol. The molecule has 0 spiro atoms. The minimum atomic E-state index is 0.485. The number of nitrogens with zero attached hydrogens (tertiary/aromatic N) is 4. The molecule has 1 fully saturated rings. The molecule has 0 saturated carbocycles. The van der Waals surface area contributed by atoms with Gasteiger partial charge in [0.2, 0.25) is 0 Å². The Morgan fingerprint density at radius 2 is 2.08 bits per heavy atom. The minimum absolute atomic E-state index is 0.485. The number of fused-ring (bicyclic) bond motifs is 5. The molecule has 2 aromatic heterocycles. The molecule has 2 aliphatic rings. The predicted octanol–water partition coefficient (Wildman–Crippen LogP) is 3.54. The van der Waals surface area contributed by atoms with E-state index in [4.69, 9.17) is 4.98 Å². The van der Waals surface area contributed by atoms with Crippen LogP contribution in [0, 0.1) is 6.92 Å². The molecule has 3 aromatic rings. The Bertz CT molecular complexity index is 927. The zero-order valence-electron chi connectivity index (χ0n) is 14.2. The van der Waals surface area contributed by atoms with Gasteiger partial charge in [-0.25, -0.2) is 9.97 Å². The lowest BCUT2D eigenvalue weighted by Crippen LogP contribution is -2.37. The zero-order chi connectivity index (χ0) is 16.3. The van der Waals surface area contributed by atoms with Gasteiger partial charge in [-0.3, -0.25) is 4.90 Å². The maximum Gasteiger partial charge on any atom is 0.125 e. The molecule has 24 heavy (non-hydrogen) atoms. The summed E-state index contributed by atoms with van der Waals surface area (Å²) < 4.78 is 2.25. The van der Waals surface area contributed by atoms with Gasteiger partial charge in [0.05, 0.1) is 5.69 Å². The first kappa shape index (κ1) is 14.2. The fourth-order valence-corrected chi connectivity index (χ4v) is 4.67. The Morgan fingerprint density at radius 1 is 1.21 bits per heavy atom. The first-order valence-corrected chi connectivity index (χ1v) is 8.82. The van der Waals surface area contributed by atoms with E-state index in [9.17, 15) is 0 Å². The molecule has 2 unspecified atom stereocenters. The Labute approximate surface area is 142 Å². The Morgan fingerprint density at radius 3 is 3.00 bits per heavy atom. The van der Waals surface area contributed by atoms with Gasteiger partial charge in [-0.2, -0.15) is 0 Å². The second-order valence-electron chi connectivity index (χ2n) is 7.23. The molecule has 1 aromatic carbocycles. The van der Waals surface area contributed by atoms with Gasteiger partial charge < -0.3 is 4.57 Å².